The molecule has 1 aromatic rings. The number of amides is 1. The van der Waals surface area contributed by atoms with Crippen LogP contribution in [0, 0.1) is 12.8 Å². The lowest BCUT2D eigenvalue weighted by atomic mass is 9.81. The number of ether oxygens (including phenoxy) is 2. The van der Waals surface area contributed by atoms with Gasteiger partial charge >= 0.3 is 0 Å². The molecule has 1 amide bonds. The van der Waals surface area contributed by atoms with Crippen LogP contribution in [0.2, 0.25) is 0 Å². The van der Waals surface area contributed by atoms with Crippen LogP contribution in [0.25, 0.3) is 0 Å². The third-order valence-electron chi connectivity index (χ3n) is 4.11. The summed E-state index contributed by atoms with van der Waals surface area (Å²) in [5.41, 5.74) is -0.344. The van der Waals surface area contributed by atoms with Gasteiger partial charge in [-0.1, -0.05) is 5.16 Å². The first-order chi connectivity index (χ1) is 9.65. The number of fused-ring (bicyclic) bond motifs is 1. The van der Waals surface area contributed by atoms with Gasteiger partial charge in [0.15, 0.2) is 5.82 Å². The van der Waals surface area contributed by atoms with Crippen LogP contribution in [0.4, 0.5) is 0 Å². The van der Waals surface area contributed by atoms with Crippen LogP contribution in [0.5, 0.6) is 0 Å². The van der Waals surface area contributed by atoms with E-state index in [9.17, 15) is 4.79 Å². The van der Waals surface area contributed by atoms with E-state index >= 15 is 0 Å². The van der Waals surface area contributed by atoms with E-state index in [0.717, 1.165) is 0 Å². The highest BCUT2D eigenvalue weighted by atomic mass is 16.5. The Hall–Kier alpha value is -1.47. The molecule has 0 saturated carbocycles. The van der Waals surface area contributed by atoms with Crippen LogP contribution < -0.4 is 0 Å². The molecule has 0 aliphatic carbocycles. The van der Waals surface area contributed by atoms with Crippen molar-refractivity contribution >= 4 is 5.91 Å². The van der Waals surface area contributed by atoms with Gasteiger partial charge in [-0.2, -0.15) is 4.98 Å². The molecule has 0 bridgehead atoms. The van der Waals surface area contributed by atoms with Crippen molar-refractivity contribution in [2.24, 2.45) is 5.92 Å². The largest absolute Gasteiger partial charge is 0.380 e. The van der Waals surface area contributed by atoms with Crippen molar-refractivity contribution in [1.29, 1.82) is 0 Å². The van der Waals surface area contributed by atoms with E-state index in [-0.39, 0.29) is 23.8 Å². The molecule has 110 valence electrons. The van der Waals surface area contributed by atoms with Gasteiger partial charge in [-0.3, -0.25) is 4.79 Å². The fourth-order valence-electron chi connectivity index (χ4n) is 3.01. The molecular formula is C13H19N3O4. The fourth-order valence-corrected chi connectivity index (χ4v) is 3.01. The minimum Gasteiger partial charge on any atom is -0.380 e. The Bertz CT molecular complexity index is 504. The fraction of sp³-hybridized carbons (Fsp3) is 0.769. The zero-order valence-corrected chi connectivity index (χ0v) is 11.8. The second-order valence-corrected chi connectivity index (χ2v) is 5.43. The highest BCUT2D eigenvalue weighted by Gasteiger charge is 2.56. The smallest absolute Gasteiger partial charge is 0.248 e. The van der Waals surface area contributed by atoms with Crippen molar-refractivity contribution in [2.75, 3.05) is 39.5 Å². The van der Waals surface area contributed by atoms with Gasteiger partial charge in [-0.15, -0.1) is 0 Å². The normalized spacial score (nSPS) is 28.9. The van der Waals surface area contributed by atoms with Gasteiger partial charge in [0, 0.05) is 25.6 Å². The van der Waals surface area contributed by atoms with E-state index in [1.54, 1.807) is 6.92 Å². The van der Waals surface area contributed by atoms with E-state index in [1.165, 1.54) is 0 Å². The van der Waals surface area contributed by atoms with Crippen LogP contribution in [-0.4, -0.2) is 60.5 Å². The van der Waals surface area contributed by atoms with Crippen LogP contribution in [0.1, 0.15) is 18.6 Å². The van der Waals surface area contributed by atoms with Crippen LogP contribution in [0.3, 0.4) is 0 Å². The van der Waals surface area contributed by atoms with Crippen LogP contribution >= 0.6 is 0 Å². The minimum atomic E-state index is -0.344. The van der Waals surface area contributed by atoms with Gasteiger partial charge in [0.05, 0.1) is 18.6 Å². The predicted octanol–water partition coefficient (Wildman–Crippen LogP) is 0.141. The number of hydrogen-bond acceptors (Lipinski definition) is 6. The van der Waals surface area contributed by atoms with Crippen molar-refractivity contribution in [2.45, 2.75) is 19.3 Å². The quantitative estimate of drug-likeness (QED) is 0.781. The molecule has 0 unspecified atom stereocenters. The molecule has 3 rings (SSSR count). The number of rotatable bonds is 4. The van der Waals surface area contributed by atoms with Gasteiger partial charge in [0.2, 0.25) is 11.8 Å². The number of aryl methyl sites for hydroxylation is 1. The maximum Gasteiger partial charge on any atom is 0.248 e. The average molecular weight is 281 g/mol. The Morgan fingerprint density at radius 2 is 2.45 bits per heavy atom. The molecule has 0 N–H and O–H groups in total. The summed E-state index contributed by atoms with van der Waals surface area (Å²) in [7, 11) is 0. The van der Waals surface area contributed by atoms with E-state index in [1.807, 2.05) is 11.8 Å². The Kier molecular flexibility index (Phi) is 3.47. The van der Waals surface area contributed by atoms with Crippen molar-refractivity contribution in [1.82, 2.24) is 15.0 Å². The number of aromatic nitrogens is 2. The predicted molar refractivity (Wildman–Crippen MR) is 68.1 cm³/mol. The molecule has 2 fully saturated rings. The van der Waals surface area contributed by atoms with E-state index in [0.29, 0.717) is 44.6 Å². The number of likely N-dealkylation sites (tertiary alicyclic amines) is 1. The molecule has 0 aromatic carbocycles. The lowest BCUT2D eigenvalue weighted by Crippen LogP contribution is -2.38. The lowest BCUT2D eigenvalue weighted by Gasteiger charge is -2.22. The summed E-state index contributed by atoms with van der Waals surface area (Å²) < 4.78 is 16.1. The first-order valence-electron chi connectivity index (χ1n) is 6.90. The molecule has 3 heterocycles. The second-order valence-electron chi connectivity index (χ2n) is 5.43. The topological polar surface area (TPSA) is 77.7 Å². The van der Waals surface area contributed by atoms with E-state index in [2.05, 4.69) is 10.1 Å². The summed E-state index contributed by atoms with van der Waals surface area (Å²) in [6.07, 6.45) is 0. The van der Waals surface area contributed by atoms with Crippen molar-refractivity contribution in [3.05, 3.63) is 11.7 Å². The zero-order valence-electron chi connectivity index (χ0n) is 11.8. The SMILES string of the molecule is CCOCC(=O)N1C[C@@H]2COC[C@]2(c2nc(C)no2)C1. The highest BCUT2D eigenvalue weighted by molar-refractivity contribution is 5.78. The number of nitrogens with zero attached hydrogens (tertiary/aromatic N) is 3. The molecule has 2 aliphatic rings. The summed E-state index contributed by atoms with van der Waals surface area (Å²) >= 11 is 0. The minimum absolute atomic E-state index is 0.0110. The van der Waals surface area contributed by atoms with Gasteiger partial charge in [0.1, 0.15) is 6.61 Å². The summed E-state index contributed by atoms with van der Waals surface area (Å²) in [5, 5.41) is 3.87. The molecule has 0 spiro atoms. The van der Waals surface area contributed by atoms with E-state index in [4.69, 9.17) is 14.0 Å². The number of carbonyl (C=O) groups is 1. The van der Waals surface area contributed by atoms with Crippen molar-refractivity contribution in [3.63, 3.8) is 0 Å². The maximum atomic E-state index is 12.1. The number of carbonyl (C=O) groups excluding carboxylic acids is 1. The van der Waals surface area contributed by atoms with Gasteiger partial charge in [0.25, 0.3) is 0 Å². The monoisotopic (exact) mass is 281 g/mol. The Labute approximate surface area is 117 Å². The number of hydrogen-bond donors (Lipinski definition) is 0. The average Bonchev–Trinajstić information content (AvgIpc) is 3.08. The summed E-state index contributed by atoms with van der Waals surface area (Å²) in [6, 6.07) is 0. The van der Waals surface area contributed by atoms with Crippen LogP contribution in [-0.2, 0) is 19.7 Å². The lowest BCUT2D eigenvalue weighted by molar-refractivity contribution is -0.135. The zero-order chi connectivity index (χ0) is 14.2. The molecule has 2 saturated heterocycles. The summed E-state index contributed by atoms with van der Waals surface area (Å²) in [4.78, 5) is 18.3. The molecule has 7 nitrogen and oxygen atoms in total. The molecule has 7 heteroatoms. The van der Waals surface area contributed by atoms with Crippen molar-refractivity contribution in [3.8, 4) is 0 Å². The van der Waals surface area contributed by atoms with E-state index < -0.39 is 0 Å². The Balaban J connectivity index is 1.79. The summed E-state index contributed by atoms with van der Waals surface area (Å²) in [5.74, 6) is 1.42. The second kappa shape index (κ2) is 5.14. The first kappa shape index (κ1) is 13.5. The van der Waals surface area contributed by atoms with Gasteiger partial charge in [-0.05, 0) is 13.8 Å². The molecular weight excluding hydrogens is 262 g/mol. The first-order valence-corrected chi connectivity index (χ1v) is 6.90. The Morgan fingerprint density at radius 3 is 3.15 bits per heavy atom. The molecule has 0 radical (unpaired) electrons. The van der Waals surface area contributed by atoms with Crippen LogP contribution in [0.15, 0.2) is 4.52 Å². The molecule has 1 aromatic heterocycles. The molecule has 2 aliphatic heterocycles. The van der Waals surface area contributed by atoms with Crippen molar-refractivity contribution < 1.29 is 18.8 Å². The van der Waals surface area contributed by atoms with Gasteiger partial charge < -0.3 is 18.9 Å². The molecule has 20 heavy (non-hydrogen) atoms. The third kappa shape index (κ3) is 2.10. The summed E-state index contributed by atoms with van der Waals surface area (Å²) in [6.45, 7) is 6.71. The molecule has 2 atom stereocenters. The standard InChI is InChI=1S/C13H19N3O4/c1-3-18-6-11(17)16-4-10-5-19-8-13(10,7-16)12-14-9(2)15-20-12/h10H,3-8H2,1-2H3/t10-,13-/m1/s1. The Morgan fingerprint density at radius 1 is 1.60 bits per heavy atom. The third-order valence-corrected chi connectivity index (χ3v) is 4.11. The van der Waals surface area contributed by atoms with Gasteiger partial charge in [-0.25, -0.2) is 0 Å². The maximum absolute atomic E-state index is 12.1. The highest BCUT2D eigenvalue weighted by Crippen LogP contribution is 2.43.